The zero-order valence-electron chi connectivity index (χ0n) is 11.2. The molecule has 0 aromatic heterocycles. The molecule has 3 N–H and O–H groups in total. The van der Waals surface area contributed by atoms with Crippen molar-refractivity contribution in [1.82, 2.24) is 15.5 Å². The second-order valence-electron chi connectivity index (χ2n) is 4.57. The van der Waals surface area contributed by atoms with E-state index >= 15 is 0 Å². The summed E-state index contributed by atoms with van der Waals surface area (Å²) >= 11 is 0. The van der Waals surface area contributed by atoms with E-state index in [-0.39, 0.29) is 18.9 Å². The van der Waals surface area contributed by atoms with Crippen LogP contribution in [0.3, 0.4) is 0 Å². The van der Waals surface area contributed by atoms with Crippen LogP contribution in [0.2, 0.25) is 0 Å². The number of amides is 3. The van der Waals surface area contributed by atoms with Gasteiger partial charge in [-0.3, -0.25) is 4.79 Å². The molecule has 1 saturated heterocycles. The van der Waals surface area contributed by atoms with E-state index in [4.69, 9.17) is 11.5 Å². The van der Waals surface area contributed by atoms with Gasteiger partial charge in [0.2, 0.25) is 5.91 Å². The second-order valence-corrected chi connectivity index (χ2v) is 4.57. The van der Waals surface area contributed by atoms with E-state index in [9.17, 15) is 14.4 Å². The van der Waals surface area contributed by atoms with Crippen molar-refractivity contribution in [2.45, 2.75) is 31.7 Å². The smallest absolute Gasteiger partial charge is 0.327 e. The average molecular weight is 281 g/mol. The van der Waals surface area contributed by atoms with Crippen LogP contribution >= 0.6 is 0 Å². The molecule has 110 valence electrons. The molecule has 1 rings (SSSR count). The number of carboxylic acids is 1. The Balaban J connectivity index is 2.33. The van der Waals surface area contributed by atoms with Gasteiger partial charge in [-0.05, 0) is 19.3 Å². The molecule has 1 heterocycles. The van der Waals surface area contributed by atoms with Crippen LogP contribution in [0, 0.1) is 12.3 Å². The number of nitrogens with one attached hydrogen (secondary N) is 2. The molecule has 0 spiro atoms. The maximum absolute atomic E-state index is 11.8. The van der Waals surface area contributed by atoms with Gasteiger partial charge in [0.1, 0.15) is 6.04 Å². The second kappa shape index (κ2) is 8.04. The van der Waals surface area contributed by atoms with Gasteiger partial charge in [-0.15, -0.1) is 12.3 Å². The highest BCUT2D eigenvalue weighted by molar-refractivity contribution is 5.86. The van der Waals surface area contributed by atoms with Crippen molar-refractivity contribution < 1.29 is 19.5 Å². The van der Waals surface area contributed by atoms with Crippen LogP contribution in [0.25, 0.3) is 0 Å². The fraction of sp³-hybridized carbons (Fsp3) is 0.615. The third kappa shape index (κ3) is 5.18. The number of hydrogen-bond donors (Lipinski definition) is 3. The number of nitrogens with zero attached hydrogens (tertiary/aromatic N) is 1. The summed E-state index contributed by atoms with van der Waals surface area (Å²) in [5.74, 6) is 0.801. The molecule has 1 aliphatic heterocycles. The first-order chi connectivity index (χ1) is 9.54. The van der Waals surface area contributed by atoms with Crippen molar-refractivity contribution >= 4 is 17.9 Å². The Kier molecular flexibility index (Phi) is 6.37. The highest BCUT2D eigenvalue weighted by Gasteiger charge is 2.20. The van der Waals surface area contributed by atoms with Gasteiger partial charge in [0.05, 0.1) is 6.54 Å². The molecule has 0 aromatic rings. The standard InChI is InChI=1S/C13H19N3O4/c1-2-6-10(12(18)19)15-13(20)14-9-11(17)16-7-4-3-5-8-16/h1,10H,3-9H2,(H,18,19)(H2,14,15,20). The summed E-state index contributed by atoms with van der Waals surface area (Å²) in [7, 11) is 0. The predicted molar refractivity (Wildman–Crippen MR) is 71.8 cm³/mol. The molecule has 0 radical (unpaired) electrons. The molecule has 0 bridgehead atoms. The summed E-state index contributed by atoms with van der Waals surface area (Å²) in [6, 6.07) is -1.86. The van der Waals surface area contributed by atoms with Crippen molar-refractivity contribution in [2.24, 2.45) is 0 Å². The fourth-order valence-electron chi connectivity index (χ4n) is 1.94. The van der Waals surface area contributed by atoms with Crippen LogP contribution in [-0.4, -0.2) is 53.6 Å². The molecule has 1 atom stereocenters. The van der Waals surface area contributed by atoms with Crippen LogP contribution < -0.4 is 10.6 Å². The minimum Gasteiger partial charge on any atom is -0.480 e. The highest BCUT2D eigenvalue weighted by Crippen LogP contribution is 2.08. The van der Waals surface area contributed by atoms with Gasteiger partial charge in [0, 0.05) is 19.5 Å². The quantitative estimate of drug-likeness (QED) is 0.606. The first kappa shape index (κ1) is 15.8. The molecular formula is C13H19N3O4. The Morgan fingerprint density at radius 1 is 1.25 bits per heavy atom. The summed E-state index contributed by atoms with van der Waals surface area (Å²) in [5, 5.41) is 13.4. The number of aliphatic carboxylic acids is 1. The average Bonchev–Trinajstić information content (AvgIpc) is 2.45. The summed E-state index contributed by atoms with van der Waals surface area (Å²) in [5.41, 5.74) is 0. The molecule has 7 nitrogen and oxygen atoms in total. The third-order valence-electron chi connectivity index (χ3n) is 3.03. The van der Waals surface area contributed by atoms with Crippen LogP contribution in [0.15, 0.2) is 0 Å². The van der Waals surface area contributed by atoms with E-state index in [0.29, 0.717) is 13.1 Å². The summed E-state index contributed by atoms with van der Waals surface area (Å²) < 4.78 is 0. The van der Waals surface area contributed by atoms with Gasteiger partial charge in [0.25, 0.3) is 0 Å². The minimum absolute atomic E-state index is 0.108. The monoisotopic (exact) mass is 281 g/mol. The molecule has 0 saturated carbocycles. The van der Waals surface area contributed by atoms with Crippen molar-refractivity contribution in [1.29, 1.82) is 0 Å². The molecule has 1 unspecified atom stereocenters. The van der Waals surface area contributed by atoms with Crippen LogP contribution in [0.4, 0.5) is 4.79 Å². The van der Waals surface area contributed by atoms with E-state index in [1.165, 1.54) is 0 Å². The lowest BCUT2D eigenvalue weighted by atomic mass is 10.1. The summed E-state index contributed by atoms with van der Waals surface area (Å²) in [4.78, 5) is 35.8. The van der Waals surface area contributed by atoms with Gasteiger partial charge in [-0.2, -0.15) is 0 Å². The zero-order chi connectivity index (χ0) is 15.0. The number of rotatable bonds is 5. The molecule has 3 amide bonds. The van der Waals surface area contributed by atoms with E-state index < -0.39 is 18.0 Å². The van der Waals surface area contributed by atoms with Gasteiger partial charge >= 0.3 is 12.0 Å². The maximum Gasteiger partial charge on any atom is 0.327 e. The largest absolute Gasteiger partial charge is 0.480 e. The van der Waals surface area contributed by atoms with Crippen molar-refractivity contribution in [3.63, 3.8) is 0 Å². The van der Waals surface area contributed by atoms with Gasteiger partial charge in [0.15, 0.2) is 0 Å². The Labute approximate surface area is 117 Å². The Bertz CT molecular complexity index is 410. The Morgan fingerprint density at radius 3 is 2.45 bits per heavy atom. The summed E-state index contributed by atoms with van der Waals surface area (Å²) in [6.45, 7) is 1.27. The molecule has 0 aliphatic carbocycles. The lowest BCUT2D eigenvalue weighted by Gasteiger charge is -2.26. The molecule has 0 aromatic carbocycles. The van der Waals surface area contributed by atoms with Crippen LogP contribution in [0.5, 0.6) is 0 Å². The van der Waals surface area contributed by atoms with Crippen LogP contribution in [-0.2, 0) is 9.59 Å². The lowest BCUT2D eigenvalue weighted by Crippen LogP contribution is -2.49. The molecule has 1 fully saturated rings. The maximum atomic E-state index is 11.8. The topological polar surface area (TPSA) is 98.7 Å². The zero-order valence-corrected chi connectivity index (χ0v) is 11.2. The molecule has 7 heteroatoms. The first-order valence-electron chi connectivity index (χ1n) is 6.53. The van der Waals surface area contributed by atoms with Gasteiger partial charge in [-0.1, -0.05) is 0 Å². The number of likely N-dealkylation sites (tertiary alicyclic amines) is 1. The van der Waals surface area contributed by atoms with Crippen molar-refractivity contribution in [3.05, 3.63) is 0 Å². The number of carbonyl (C=O) groups excluding carboxylic acids is 2. The first-order valence-corrected chi connectivity index (χ1v) is 6.53. The van der Waals surface area contributed by atoms with Gasteiger partial charge < -0.3 is 20.6 Å². The normalized spacial score (nSPS) is 15.8. The number of urea groups is 1. The number of piperidine rings is 1. The number of carboxylic acid groups (broad SMARTS) is 1. The fourth-order valence-corrected chi connectivity index (χ4v) is 1.94. The molecular weight excluding hydrogens is 262 g/mol. The third-order valence-corrected chi connectivity index (χ3v) is 3.03. The minimum atomic E-state index is -1.21. The van der Waals surface area contributed by atoms with E-state index in [1.54, 1.807) is 4.90 Å². The SMILES string of the molecule is C#CCC(NC(=O)NCC(=O)N1CCCCC1)C(=O)O. The highest BCUT2D eigenvalue weighted by atomic mass is 16.4. The number of carbonyl (C=O) groups is 3. The van der Waals surface area contributed by atoms with Crippen molar-refractivity contribution in [3.8, 4) is 12.3 Å². The Hall–Kier alpha value is -2.23. The Morgan fingerprint density at radius 2 is 1.90 bits per heavy atom. The molecule has 20 heavy (non-hydrogen) atoms. The number of hydrogen-bond acceptors (Lipinski definition) is 3. The predicted octanol–water partition coefficient (Wildman–Crippen LogP) is -0.225. The van der Waals surface area contributed by atoms with Crippen molar-refractivity contribution in [2.75, 3.05) is 19.6 Å². The van der Waals surface area contributed by atoms with E-state index in [1.807, 2.05) is 0 Å². The van der Waals surface area contributed by atoms with Gasteiger partial charge in [-0.25, -0.2) is 9.59 Å². The van der Waals surface area contributed by atoms with E-state index in [0.717, 1.165) is 19.3 Å². The lowest BCUT2D eigenvalue weighted by molar-refractivity contribution is -0.139. The molecule has 1 aliphatic rings. The number of terminal acetylenes is 1. The van der Waals surface area contributed by atoms with Crippen LogP contribution in [0.1, 0.15) is 25.7 Å². The summed E-state index contributed by atoms with van der Waals surface area (Å²) in [6.07, 6.45) is 7.97. The van der Waals surface area contributed by atoms with E-state index in [2.05, 4.69) is 16.6 Å².